The molecule has 1 unspecified atom stereocenters. The van der Waals surface area contributed by atoms with E-state index in [1.165, 1.54) is 36.1 Å². The van der Waals surface area contributed by atoms with Crippen LogP contribution in [0.1, 0.15) is 25.3 Å². The van der Waals surface area contributed by atoms with Crippen molar-refractivity contribution in [2.45, 2.75) is 26.2 Å². The van der Waals surface area contributed by atoms with Gasteiger partial charge in [-0.3, -0.25) is 9.59 Å². The molecule has 1 atom stereocenters. The summed E-state index contributed by atoms with van der Waals surface area (Å²) in [6, 6.07) is 6.56. The Balaban J connectivity index is 1.83. The van der Waals surface area contributed by atoms with Crippen LogP contribution in [-0.4, -0.2) is 18.4 Å². The molecule has 2 aromatic carbocycles. The molecule has 8 heteroatoms. The summed E-state index contributed by atoms with van der Waals surface area (Å²) in [4.78, 5) is 25.2. The van der Waals surface area contributed by atoms with Gasteiger partial charge in [0.1, 0.15) is 11.6 Å². The number of piperidine rings is 1. The van der Waals surface area contributed by atoms with Gasteiger partial charge in [0.15, 0.2) is 0 Å². The summed E-state index contributed by atoms with van der Waals surface area (Å²) in [5.41, 5.74) is 1.20. The third-order valence-electron chi connectivity index (χ3n) is 4.64. The highest BCUT2D eigenvalue weighted by Gasteiger charge is 2.30. The minimum absolute atomic E-state index is 0.0279. The van der Waals surface area contributed by atoms with Gasteiger partial charge in [0, 0.05) is 31.6 Å². The molecule has 2 aromatic rings. The molecule has 1 fully saturated rings. The lowest BCUT2D eigenvalue weighted by Gasteiger charge is -2.34. The van der Waals surface area contributed by atoms with Crippen LogP contribution in [-0.2, 0) is 16.0 Å². The van der Waals surface area contributed by atoms with Crippen LogP contribution in [0.15, 0.2) is 30.3 Å². The molecule has 0 spiro atoms. The third-order valence-corrected chi connectivity index (χ3v) is 5.22. The number of nitrogens with zero attached hydrogens (tertiary/aromatic N) is 1. The molecule has 0 aromatic heterocycles. The van der Waals surface area contributed by atoms with Gasteiger partial charge in [-0.25, -0.2) is 8.78 Å². The lowest BCUT2D eigenvalue weighted by atomic mass is 9.90. The summed E-state index contributed by atoms with van der Waals surface area (Å²) in [5.74, 6) is -1.65. The second-order valence-electron chi connectivity index (χ2n) is 6.82. The maximum absolute atomic E-state index is 14.0. The predicted octanol–water partition coefficient (Wildman–Crippen LogP) is 5.22. The van der Waals surface area contributed by atoms with Gasteiger partial charge in [0.2, 0.25) is 11.8 Å². The molecule has 1 aliphatic heterocycles. The van der Waals surface area contributed by atoms with Gasteiger partial charge >= 0.3 is 0 Å². The van der Waals surface area contributed by atoms with Crippen molar-refractivity contribution < 1.29 is 18.4 Å². The fourth-order valence-electron chi connectivity index (χ4n) is 3.39. The van der Waals surface area contributed by atoms with Gasteiger partial charge < -0.3 is 10.2 Å². The number of halogens is 4. The first-order chi connectivity index (χ1) is 13.2. The first kappa shape index (κ1) is 20.6. The molecular weight excluding hydrogens is 409 g/mol. The van der Waals surface area contributed by atoms with Crippen LogP contribution in [0.2, 0.25) is 10.0 Å². The SMILES string of the molecule is CC(=O)Nc1cc(Cl)c(N2CC(Cc3ccc(F)cc3F)CCC2=O)c(Cl)c1. The van der Waals surface area contributed by atoms with Crippen molar-refractivity contribution in [2.24, 2.45) is 5.92 Å². The predicted molar refractivity (Wildman–Crippen MR) is 106 cm³/mol. The van der Waals surface area contributed by atoms with E-state index in [1.54, 1.807) is 0 Å². The lowest BCUT2D eigenvalue weighted by Crippen LogP contribution is -2.41. The van der Waals surface area contributed by atoms with Crippen LogP contribution >= 0.6 is 23.2 Å². The monoisotopic (exact) mass is 426 g/mol. The van der Waals surface area contributed by atoms with Crippen molar-refractivity contribution in [2.75, 3.05) is 16.8 Å². The molecule has 2 amide bonds. The maximum Gasteiger partial charge on any atom is 0.227 e. The fraction of sp³-hybridized carbons (Fsp3) is 0.300. The van der Waals surface area contributed by atoms with E-state index < -0.39 is 11.6 Å². The van der Waals surface area contributed by atoms with Gasteiger partial charge in [-0.05, 0) is 42.5 Å². The minimum Gasteiger partial charge on any atom is -0.326 e. The van der Waals surface area contributed by atoms with Crippen LogP contribution in [0.5, 0.6) is 0 Å². The van der Waals surface area contributed by atoms with Crippen LogP contribution < -0.4 is 10.2 Å². The number of carbonyl (C=O) groups is 2. The Labute approximate surface area is 171 Å². The number of benzene rings is 2. The van der Waals surface area contributed by atoms with E-state index in [-0.39, 0.29) is 34.2 Å². The number of hydrogen-bond donors (Lipinski definition) is 1. The smallest absolute Gasteiger partial charge is 0.227 e. The van der Waals surface area contributed by atoms with E-state index in [9.17, 15) is 18.4 Å². The number of amides is 2. The Kier molecular flexibility index (Phi) is 6.20. The molecule has 0 aliphatic carbocycles. The molecule has 148 valence electrons. The number of carbonyl (C=O) groups excluding carboxylic acids is 2. The summed E-state index contributed by atoms with van der Waals surface area (Å²) in [6.07, 6.45) is 1.23. The van der Waals surface area contributed by atoms with Gasteiger partial charge in [-0.2, -0.15) is 0 Å². The van der Waals surface area contributed by atoms with Crippen molar-refractivity contribution in [3.05, 3.63) is 57.6 Å². The standard InChI is InChI=1S/C20H18Cl2F2N2O2/c1-11(27)25-15-8-16(21)20(17(22)9-15)26-10-12(2-5-19(26)28)6-13-3-4-14(23)7-18(13)24/h3-4,7-9,12H,2,5-6,10H2,1H3,(H,25,27). The molecule has 1 saturated heterocycles. The molecule has 1 heterocycles. The maximum atomic E-state index is 14.0. The van der Waals surface area contributed by atoms with E-state index in [2.05, 4.69) is 5.32 Å². The van der Waals surface area contributed by atoms with Crippen molar-refractivity contribution in [1.29, 1.82) is 0 Å². The van der Waals surface area contributed by atoms with Crippen molar-refractivity contribution >= 4 is 46.4 Å². The van der Waals surface area contributed by atoms with Crippen molar-refractivity contribution in [3.8, 4) is 0 Å². The van der Waals surface area contributed by atoms with Crippen molar-refractivity contribution in [3.63, 3.8) is 0 Å². The first-order valence-electron chi connectivity index (χ1n) is 8.75. The number of rotatable bonds is 4. The average molecular weight is 427 g/mol. The highest BCUT2D eigenvalue weighted by molar-refractivity contribution is 6.40. The zero-order chi connectivity index (χ0) is 20.4. The quantitative estimate of drug-likeness (QED) is 0.728. The Bertz CT molecular complexity index is 913. The van der Waals surface area contributed by atoms with Crippen LogP contribution in [0.3, 0.4) is 0 Å². The zero-order valence-corrected chi connectivity index (χ0v) is 16.6. The Morgan fingerprint density at radius 2 is 1.89 bits per heavy atom. The molecule has 0 saturated carbocycles. The molecule has 1 N–H and O–H groups in total. The highest BCUT2D eigenvalue weighted by atomic mass is 35.5. The summed E-state index contributed by atoms with van der Waals surface area (Å²) < 4.78 is 27.1. The fourth-order valence-corrected chi connectivity index (χ4v) is 4.08. The largest absolute Gasteiger partial charge is 0.326 e. The molecule has 3 rings (SSSR count). The number of nitrogens with one attached hydrogen (secondary N) is 1. The van der Waals surface area contributed by atoms with E-state index >= 15 is 0 Å². The summed E-state index contributed by atoms with van der Waals surface area (Å²) in [7, 11) is 0. The summed E-state index contributed by atoms with van der Waals surface area (Å²) >= 11 is 12.7. The second kappa shape index (κ2) is 8.45. The van der Waals surface area contributed by atoms with E-state index in [0.29, 0.717) is 36.3 Å². The number of anilines is 2. The number of hydrogen-bond acceptors (Lipinski definition) is 2. The highest BCUT2D eigenvalue weighted by Crippen LogP contribution is 2.39. The van der Waals surface area contributed by atoms with Crippen LogP contribution in [0.4, 0.5) is 20.2 Å². The third kappa shape index (κ3) is 4.62. The second-order valence-corrected chi connectivity index (χ2v) is 7.63. The molecule has 28 heavy (non-hydrogen) atoms. The minimum atomic E-state index is -0.625. The van der Waals surface area contributed by atoms with Gasteiger partial charge in [-0.1, -0.05) is 29.3 Å². The zero-order valence-electron chi connectivity index (χ0n) is 15.1. The van der Waals surface area contributed by atoms with E-state index in [1.807, 2.05) is 0 Å². The van der Waals surface area contributed by atoms with Crippen LogP contribution in [0, 0.1) is 17.6 Å². The molecule has 1 aliphatic rings. The van der Waals surface area contributed by atoms with Crippen molar-refractivity contribution in [1.82, 2.24) is 0 Å². The molecule has 4 nitrogen and oxygen atoms in total. The Morgan fingerprint density at radius 1 is 1.21 bits per heavy atom. The molecule has 0 bridgehead atoms. The normalized spacial score (nSPS) is 17.0. The summed E-state index contributed by atoms with van der Waals surface area (Å²) in [6.45, 7) is 1.68. The Hall–Kier alpha value is -2.18. The topological polar surface area (TPSA) is 49.4 Å². The van der Waals surface area contributed by atoms with Crippen LogP contribution in [0.25, 0.3) is 0 Å². The van der Waals surface area contributed by atoms with Gasteiger partial charge in [0.05, 0.1) is 15.7 Å². The van der Waals surface area contributed by atoms with E-state index in [0.717, 1.165) is 6.07 Å². The lowest BCUT2D eigenvalue weighted by molar-refractivity contribution is -0.120. The van der Waals surface area contributed by atoms with Gasteiger partial charge in [-0.15, -0.1) is 0 Å². The summed E-state index contributed by atoms with van der Waals surface area (Å²) in [5, 5.41) is 3.07. The molecular formula is C20H18Cl2F2N2O2. The molecule has 0 radical (unpaired) electrons. The first-order valence-corrected chi connectivity index (χ1v) is 9.51. The average Bonchev–Trinajstić information content (AvgIpc) is 2.58. The Morgan fingerprint density at radius 3 is 2.50 bits per heavy atom. The van der Waals surface area contributed by atoms with E-state index in [4.69, 9.17) is 23.2 Å². The van der Waals surface area contributed by atoms with Gasteiger partial charge in [0.25, 0.3) is 0 Å².